The fourth-order valence-electron chi connectivity index (χ4n) is 3.56. The van der Waals surface area contributed by atoms with Gasteiger partial charge in [-0.1, -0.05) is 12.1 Å². The molecule has 11 heteroatoms. The molecule has 1 aliphatic heterocycles. The third-order valence-corrected chi connectivity index (χ3v) is 5.69. The van der Waals surface area contributed by atoms with E-state index in [1.807, 2.05) is 37.3 Å². The lowest BCUT2D eigenvalue weighted by Gasteiger charge is -2.30. The van der Waals surface area contributed by atoms with Crippen molar-refractivity contribution in [2.24, 2.45) is 0 Å². The number of hydrogen-bond acceptors (Lipinski definition) is 9. The van der Waals surface area contributed by atoms with Gasteiger partial charge in [0.2, 0.25) is 0 Å². The van der Waals surface area contributed by atoms with Gasteiger partial charge in [0.05, 0.1) is 42.7 Å². The molecule has 3 aromatic rings. The lowest BCUT2D eigenvalue weighted by atomic mass is 10.1. The molecule has 1 aromatic carbocycles. The van der Waals surface area contributed by atoms with Gasteiger partial charge in [-0.2, -0.15) is 0 Å². The molecule has 178 valence electrons. The van der Waals surface area contributed by atoms with Crippen LogP contribution in [0.2, 0.25) is 0 Å². The van der Waals surface area contributed by atoms with Crippen LogP contribution in [0, 0.1) is 0 Å². The molecule has 4 rings (SSSR count). The second-order valence-corrected chi connectivity index (χ2v) is 8.49. The van der Waals surface area contributed by atoms with Crippen LogP contribution in [-0.4, -0.2) is 59.8 Å². The number of ether oxygens (including phenoxy) is 2. The maximum absolute atomic E-state index is 13.1. The minimum atomic E-state index is -0.455. The first-order valence-electron chi connectivity index (χ1n) is 10.9. The molecule has 0 aliphatic carbocycles. The number of rotatable bonds is 8. The van der Waals surface area contributed by atoms with Crippen LogP contribution in [0.1, 0.15) is 17.4 Å². The standard InChI is InChI=1S/C23H26IN7O3/c1-15(12-28-24)34-17-4-2-3-16(11-17)18-14-27-22(25)21(29-18)23(32)30-19-13-26-6-5-20(19)31-7-9-33-10-8-31/h2-6,11,13-15,28H,7-10,12H2,1H3,(H2,25,27)(H,30,32). The second-order valence-electron chi connectivity index (χ2n) is 7.73. The molecule has 2 aromatic heterocycles. The van der Waals surface area contributed by atoms with Gasteiger partial charge in [0.1, 0.15) is 11.9 Å². The summed E-state index contributed by atoms with van der Waals surface area (Å²) < 4.78 is 14.4. The molecule has 0 bridgehead atoms. The third-order valence-electron chi connectivity index (χ3n) is 5.25. The van der Waals surface area contributed by atoms with E-state index < -0.39 is 5.91 Å². The van der Waals surface area contributed by atoms with Gasteiger partial charge in [-0.05, 0) is 25.1 Å². The van der Waals surface area contributed by atoms with E-state index in [1.54, 1.807) is 18.6 Å². The maximum atomic E-state index is 13.1. The predicted octanol–water partition coefficient (Wildman–Crippen LogP) is 2.92. The smallest absolute Gasteiger partial charge is 0.278 e. The second kappa shape index (κ2) is 11.4. The summed E-state index contributed by atoms with van der Waals surface area (Å²) in [4.78, 5) is 28.2. The van der Waals surface area contributed by atoms with Gasteiger partial charge in [-0.25, -0.2) is 9.97 Å². The number of nitrogens with zero attached hydrogens (tertiary/aromatic N) is 4. The summed E-state index contributed by atoms with van der Waals surface area (Å²) in [6.07, 6.45) is 4.85. The Kier molecular flexibility index (Phi) is 8.08. The molecule has 1 unspecified atom stereocenters. The van der Waals surface area contributed by atoms with Gasteiger partial charge in [-0.3, -0.25) is 13.3 Å². The normalized spacial score (nSPS) is 14.5. The number of amides is 1. The topological polar surface area (TPSA) is 128 Å². The van der Waals surface area contributed by atoms with Crippen LogP contribution in [0.5, 0.6) is 5.75 Å². The molecule has 0 radical (unpaired) electrons. The Morgan fingerprint density at radius 3 is 2.91 bits per heavy atom. The summed E-state index contributed by atoms with van der Waals surface area (Å²) in [5.41, 5.74) is 8.80. The highest BCUT2D eigenvalue weighted by Gasteiger charge is 2.20. The van der Waals surface area contributed by atoms with Gasteiger partial charge in [0.25, 0.3) is 5.91 Å². The average Bonchev–Trinajstić information content (AvgIpc) is 2.85. The minimum absolute atomic E-state index is 0.00821. The van der Waals surface area contributed by atoms with Gasteiger partial charge >= 0.3 is 0 Å². The molecule has 4 N–H and O–H groups in total. The summed E-state index contributed by atoms with van der Waals surface area (Å²) in [5.74, 6) is 0.294. The molecule has 1 atom stereocenters. The Bertz CT molecular complexity index is 1140. The minimum Gasteiger partial charge on any atom is -0.489 e. The van der Waals surface area contributed by atoms with Crippen molar-refractivity contribution in [3.63, 3.8) is 0 Å². The Labute approximate surface area is 211 Å². The number of halogens is 1. The van der Waals surface area contributed by atoms with Crippen LogP contribution in [0.4, 0.5) is 17.2 Å². The van der Waals surface area contributed by atoms with Gasteiger partial charge in [-0.15, -0.1) is 0 Å². The molecule has 0 saturated carbocycles. The highest BCUT2D eigenvalue weighted by atomic mass is 127. The Hall–Kier alpha value is -3.03. The number of morpholine rings is 1. The van der Waals surface area contributed by atoms with Crippen molar-refractivity contribution in [3.8, 4) is 17.0 Å². The highest BCUT2D eigenvalue weighted by molar-refractivity contribution is 14.1. The van der Waals surface area contributed by atoms with Crippen molar-refractivity contribution in [3.05, 3.63) is 54.6 Å². The molecule has 1 fully saturated rings. The average molecular weight is 575 g/mol. The van der Waals surface area contributed by atoms with Crippen LogP contribution in [-0.2, 0) is 4.74 Å². The summed E-state index contributed by atoms with van der Waals surface area (Å²) in [7, 11) is 0. The van der Waals surface area contributed by atoms with E-state index in [1.165, 1.54) is 0 Å². The van der Waals surface area contributed by atoms with Gasteiger partial charge < -0.3 is 25.4 Å². The number of nitrogens with one attached hydrogen (secondary N) is 2. The number of benzene rings is 1. The van der Waals surface area contributed by atoms with Crippen LogP contribution in [0.3, 0.4) is 0 Å². The number of hydrogen-bond donors (Lipinski definition) is 3. The first-order chi connectivity index (χ1) is 16.5. The van der Waals surface area contributed by atoms with Gasteiger partial charge in [0, 0.05) is 54.3 Å². The third kappa shape index (κ3) is 5.90. The molecule has 1 amide bonds. The van der Waals surface area contributed by atoms with E-state index in [-0.39, 0.29) is 17.6 Å². The van der Waals surface area contributed by atoms with Crippen LogP contribution < -0.4 is 24.2 Å². The fraction of sp³-hybridized carbons (Fsp3) is 0.304. The molecule has 0 spiro atoms. The Balaban J connectivity index is 1.56. The summed E-state index contributed by atoms with van der Waals surface area (Å²) in [5, 5.41) is 2.90. The predicted molar refractivity (Wildman–Crippen MR) is 139 cm³/mol. The first kappa shape index (κ1) is 24.1. The maximum Gasteiger partial charge on any atom is 0.278 e. The molecule has 1 aliphatic rings. The molecule has 3 heterocycles. The molecule has 10 nitrogen and oxygen atoms in total. The SMILES string of the molecule is CC(CNI)Oc1cccc(-c2cnc(N)c(C(=O)Nc3cnccc3N3CCOCC3)n2)c1. The van der Waals surface area contributed by atoms with E-state index in [2.05, 4.69) is 51.6 Å². The van der Waals surface area contributed by atoms with E-state index >= 15 is 0 Å². The zero-order valence-electron chi connectivity index (χ0n) is 18.7. The van der Waals surface area contributed by atoms with Crippen LogP contribution in [0.25, 0.3) is 11.3 Å². The van der Waals surface area contributed by atoms with Gasteiger partial charge in [0.15, 0.2) is 11.5 Å². The zero-order chi connectivity index (χ0) is 23.9. The van der Waals surface area contributed by atoms with Crippen molar-refractivity contribution in [2.45, 2.75) is 13.0 Å². The number of anilines is 3. The lowest BCUT2D eigenvalue weighted by Crippen LogP contribution is -2.36. The zero-order valence-corrected chi connectivity index (χ0v) is 20.9. The summed E-state index contributed by atoms with van der Waals surface area (Å²) >= 11 is 2.09. The number of carbonyl (C=O) groups excluding carboxylic acids is 1. The lowest BCUT2D eigenvalue weighted by molar-refractivity contribution is 0.102. The van der Waals surface area contributed by atoms with Crippen molar-refractivity contribution < 1.29 is 14.3 Å². The van der Waals surface area contributed by atoms with Crippen LogP contribution >= 0.6 is 22.9 Å². The molecular formula is C23H26IN7O3. The summed E-state index contributed by atoms with van der Waals surface area (Å²) in [6.45, 7) is 5.41. The quantitative estimate of drug-likeness (QED) is 0.275. The van der Waals surface area contributed by atoms with E-state index in [0.717, 1.165) is 24.3 Å². The fourth-order valence-corrected chi connectivity index (χ4v) is 4.18. The number of nitrogen functional groups attached to an aromatic ring is 1. The van der Waals surface area contributed by atoms with Crippen molar-refractivity contribution in [2.75, 3.05) is 48.8 Å². The van der Waals surface area contributed by atoms with Crippen LogP contribution in [0.15, 0.2) is 48.9 Å². The molecule has 1 saturated heterocycles. The van der Waals surface area contributed by atoms with E-state index in [9.17, 15) is 4.79 Å². The number of aromatic nitrogens is 3. The highest BCUT2D eigenvalue weighted by Crippen LogP contribution is 2.27. The van der Waals surface area contributed by atoms with Crippen molar-refractivity contribution in [1.29, 1.82) is 0 Å². The molecular weight excluding hydrogens is 549 g/mol. The number of nitrogens with two attached hydrogens (primary N) is 1. The summed E-state index contributed by atoms with van der Waals surface area (Å²) in [6, 6.07) is 9.36. The van der Waals surface area contributed by atoms with Crippen molar-refractivity contribution >= 4 is 46.0 Å². The molecule has 34 heavy (non-hydrogen) atoms. The number of pyridine rings is 1. The Morgan fingerprint density at radius 2 is 2.12 bits per heavy atom. The largest absolute Gasteiger partial charge is 0.489 e. The first-order valence-corrected chi connectivity index (χ1v) is 11.9. The van der Waals surface area contributed by atoms with E-state index in [4.69, 9.17) is 15.2 Å². The van der Waals surface area contributed by atoms with Crippen molar-refractivity contribution in [1.82, 2.24) is 18.5 Å². The monoisotopic (exact) mass is 575 g/mol. The van der Waals surface area contributed by atoms with E-state index in [0.29, 0.717) is 36.9 Å². The number of carbonyl (C=O) groups is 1. The Morgan fingerprint density at radius 1 is 1.29 bits per heavy atom.